The first-order valence-corrected chi connectivity index (χ1v) is 11.8. The molecular weight excluding hydrogens is 469 g/mol. The lowest BCUT2D eigenvalue weighted by atomic mass is 10.2. The SMILES string of the molecule is Cc1ccc([N+](=O)[O-])cc1S(=O)(=O)N1CCN(C(=O)CNC(=O)NCc2ccc(F)cc2)CC1. The van der Waals surface area contributed by atoms with Gasteiger partial charge < -0.3 is 15.5 Å². The number of piperazine rings is 1. The number of nitro groups is 1. The van der Waals surface area contributed by atoms with Crippen LogP contribution in [0.25, 0.3) is 0 Å². The third kappa shape index (κ3) is 6.05. The Labute approximate surface area is 195 Å². The molecule has 0 spiro atoms. The van der Waals surface area contributed by atoms with Crippen LogP contribution in [0.4, 0.5) is 14.9 Å². The molecule has 0 aliphatic carbocycles. The summed E-state index contributed by atoms with van der Waals surface area (Å²) < 4.78 is 40.1. The van der Waals surface area contributed by atoms with Gasteiger partial charge in [0.15, 0.2) is 0 Å². The maximum absolute atomic E-state index is 13.0. The predicted octanol–water partition coefficient (Wildman–Crippen LogP) is 1.37. The number of nitrogens with one attached hydrogen (secondary N) is 2. The fourth-order valence-corrected chi connectivity index (χ4v) is 5.08. The van der Waals surface area contributed by atoms with E-state index in [4.69, 9.17) is 0 Å². The van der Waals surface area contributed by atoms with Crippen molar-refractivity contribution in [2.75, 3.05) is 32.7 Å². The van der Waals surface area contributed by atoms with Gasteiger partial charge in [-0.15, -0.1) is 0 Å². The van der Waals surface area contributed by atoms with Crippen LogP contribution in [-0.2, 0) is 21.4 Å². The molecule has 0 unspecified atom stereocenters. The van der Waals surface area contributed by atoms with E-state index in [1.165, 1.54) is 45.6 Å². The third-order valence-electron chi connectivity index (χ3n) is 5.36. The Bertz CT molecular complexity index is 1180. The van der Waals surface area contributed by atoms with E-state index in [-0.39, 0.29) is 61.6 Å². The van der Waals surface area contributed by atoms with Crippen molar-refractivity contribution in [3.8, 4) is 0 Å². The monoisotopic (exact) mass is 493 g/mol. The van der Waals surface area contributed by atoms with Crippen LogP contribution in [0.1, 0.15) is 11.1 Å². The second kappa shape index (κ2) is 10.6. The van der Waals surface area contributed by atoms with Crippen LogP contribution >= 0.6 is 0 Å². The first-order chi connectivity index (χ1) is 16.1. The molecule has 3 amide bonds. The molecule has 2 aromatic carbocycles. The molecule has 1 aliphatic rings. The smallest absolute Gasteiger partial charge is 0.315 e. The number of halogens is 1. The summed E-state index contributed by atoms with van der Waals surface area (Å²) in [6, 6.07) is 8.71. The van der Waals surface area contributed by atoms with Crippen LogP contribution < -0.4 is 10.6 Å². The highest BCUT2D eigenvalue weighted by Crippen LogP contribution is 2.25. The molecule has 11 nitrogen and oxygen atoms in total. The Balaban J connectivity index is 1.49. The van der Waals surface area contributed by atoms with Crippen LogP contribution in [0.15, 0.2) is 47.4 Å². The van der Waals surface area contributed by atoms with Gasteiger partial charge >= 0.3 is 6.03 Å². The second-order valence-corrected chi connectivity index (χ2v) is 9.56. The lowest BCUT2D eigenvalue weighted by Gasteiger charge is -2.34. The number of aryl methyl sites for hydroxylation is 1. The average molecular weight is 494 g/mol. The molecule has 3 rings (SSSR count). The van der Waals surface area contributed by atoms with Crippen molar-refractivity contribution in [1.29, 1.82) is 0 Å². The molecular formula is C21H24FN5O6S. The second-order valence-electron chi connectivity index (χ2n) is 7.65. The van der Waals surface area contributed by atoms with Gasteiger partial charge in [0.25, 0.3) is 5.69 Å². The molecule has 182 valence electrons. The van der Waals surface area contributed by atoms with Crippen molar-refractivity contribution in [1.82, 2.24) is 19.8 Å². The first-order valence-electron chi connectivity index (χ1n) is 10.4. The zero-order valence-corrected chi connectivity index (χ0v) is 19.2. The van der Waals surface area contributed by atoms with Gasteiger partial charge in [0.1, 0.15) is 5.82 Å². The number of non-ortho nitro benzene ring substituents is 1. The molecule has 1 heterocycles. The van der Waals surface area contributed by atoms with Gasteiger partial charge in [-0.05, 0) is 30.2 Å². The van der Waals surface area contributed by atoms with E-state index in [0.29, 0.717) is 11.1 Å². The normalized spacial score (nSPS) is 14.5. The van der Waals surface area contributed by atoms with Gasteiger partial charge in [-0.2, -0.15) is 4.31 Å². The summed E-state index contributed by atoms with van der Waals surface area (Å²) in [5.41, 5.74) is 0.765. The van der Waals surface area contributed by atoms with Crippen LogP contribution in [0, 0.1) is 22.9 Å². The Morgan fingerprint density at radius 3 is 2.32 bits per heavy atom. The lowest BCUT2D eigenvalue weighted by Crippen LogP contribution is -2.53. The zero-order valence-electron chi connectivity index (χ0n) is 18.4. The standard InChI is InChI=1S/C21H24FN5O6S/c1-15-2-7-18(27(30)31)12-19(15)34(32,33)26-10-8-25(9-11-26)20(28)14-24-21(29)23-13-16-3-5-17(22)6-4-16/h2-7,12H,8-11,13-14H2,1H3,(H2,23,24,29). The molecule has 34 heavy (non-hydrogen) atoms. The zero-order chi connectivity index (χ0) is 24.9. The minimum atomic E-state index is -3.97. The van der Waals surface area contributed by atoms with E-state index in [0.717, 1.165) is 6.07 Å². The van der Waals surface area contributed by atoms with Gasteiger partial charge in [-0.1, -0.05) is 18.2 Å². The summed E-state index contributed by atoms with van der Waals surface area (Å²) >= 11 is 0. The van der Waals surface area contributed by atoms with Crippen molar-refractivity contribution in [3.05, 3.63) is 69.5 Å². The fourth-order valence-electron chi connectivity index (χ4n) is 3.41. The van der Waals surface area contributed by atoms with E-state index in [1.807, 2.05) is 0 Å². The van der Waals surface area contributed by atoms with Crippen LogP contribution in [0.5, 0.6) is 0 Å². The summed E-state index contributed by atoms with van der Waals surface area (Å²) in [4.78, 5) is 36.0. The molecule has 1 aliphatic heterocycles. The molecule has 0 aromatic heterocycles. The highest BCUT2D eigenvalue weighted by Gasteiger charge is 2.32. The number of carbonyl (C=O) groups is 2. The quantitative estimate of drug-likeness (QED) is 0.441. The highest BCUT2D eigenvalue weighted by atomic mass is 32.2. The number of rotatable bonds is 7. The van der Waals surface area contributed by atoms with Crippen LogP contribution in [0.2, 0.25) is 0 Å². The van der Waals surface area contributed by atoms with Crippen molar-refractivity contribution in [2.45, 2.75) is 18.4 Å². The lowest BCUT2D eigenvalue weighted by molar-refractivity contribution is -0.385. The molecule has 2 N–H and O–H groups in total. The number of benzene rings is 2. The molecule has 0 bridgehead atoms. The fraction of sp³-hybridized carbons (Fsp3) is 0.333. The van der Waals surface area contributed by atoms with E-state index in [2.05, 4.69) is 10.6 Å². The minimum Gasteiger partial charge on any atom is -0.339 e. The minimum absolute atomic E-state index is 0.0208. The molecule has 0 radical (unpaired) electrons. The summed E-state index contributed by atoms with van der Waals surface area (Å²) in [6.45, 7) is 1.72. The summed E-state index contributed by atoms with van der Waals surface area (Å²) in [5, 5.41) is 16.0. The van der Waals surface area contributed by atoms with Crippen molar-refractivity contribution in [3.63, 3.8) is 0 Å². The maximum Gasteiger partial charge on any atom is 0.315 e. The Morgan fingerprint density at radius 1 is 1.06 bits per heavy atom. The van der Waals surface area contributed by atoms with E-state index in [1.54, 1.807) is 6.92 Å². The molecule has 1 saturated heterocycles. The van der Waals surface area contributed by atoms with E-state index >= 15 is 0 Å². The van der Waals surface area contributed by atoms with E-state index in [9.17, 15) is 32.5 Å². The maximum atomic E-state index is 13.0. The first kappa shape index (κ1) is 25.1. The molecule has 1 fully saturated rings. The highest BCUT2D eigenvalue weighted by molar-refractivity contribution is 7.89. The van der Waals surface area contributed by atoms with Gasteiger partial charge in [0.05, 0.1) is 16.4 Å². The Kier molecular flexibility index (Phi) is 7.79. The van der Waals surface area contributed by atoms with Gasteiger partial charge in [-0.3, -0.25) is 14.9 Å². The molecule has 13 heteroatoms. The number of amides is 3. The Morgan fingerprint density at radius 2 is 1.71 bits per heavy atom. The Hall–Kier alpha value is -3.58. The summed E-state index contributed by atoms with van der Waals surface area (Å²) in [6.07, 6.45) is 0. The summed E-state index contributed by atoms with van der Waals surface area (Å²) in [5.74, 6) is -0.757. The average Bonchev–Trinajstić information content (AvgIpc) is 2.82. The van der Waals surface area contributed by atoms with Gasteiger partial charge in [-0.25, -0.2) is 17.6 Å². The number of urea groups is 1. The molecule has 2 aromatic rings. The van der Waals surface area contributed by atoms with Crippen molar-refractivity contribution in [2.24, 2.45) is 0 Å². The van der Waals surface area contributed by atoms with Crippen LogP contribution in [0.3, 0.4) is 0 Å². The van der Waals surface area contributed by atoms with Gasteiger partial charge in [0.2, 0.25) is 15.9 Å². The van der Waals surface area contributed by atoms with Crippen molar-refractivity contribution >= 4 is 27.6 Å². The number of hydrogen-bond donors (Lipinski definition) is 2. The number of hydrogen-bond acceptors (Lipinski definition) is 6. The molecule has 0 atom stereocenters. The number of nitro benzene ring substituents is 1. The third-order valence-corrected chi connectivity index (χ3v) is 7.40. The van der Waals surface area contributed by atoms with Crippen LogP contribution in [-0.4, -0.2) is 67.2 Å². The largest absolute Gasteiger partial charge is 0.339 e. The predicted molar refractivity (Wildman–Crippen MR) is 120 cm³/mol. The number of nitrogens with zero attached hydrogens (tertiary/aromatic N) is 3. The topological polar surface area (TPSA) is 142 Å². The number of carbonyl (C=O) groups excluding carboxylic acids is 2. The van der Waals surface area contributed by atoms with Gasteiger partial charge in [0, 0.05) is 44.9 Å². The van der Waals surface area contributed by atoms with Crippen molar-refractivity contribution < 1.29 is 27.3 Å². The number of sulfonamides is 1. The summed E-state index contributed by atoms with van der Waals surface area (Å²) in [7, 11) is -3.97. The van der Waals surface area contributed by atoms with E-state index < -0.39 is 21.0 Å². The molecule has 0 saturated carbocycles.